The summed E-state index contributed by atoms with van der Waals surface area (Å²) in [7, 11) is 0. The quantitative estimate of drug-likeness (QED) is 0.805. The highest BCUT2D eigenvalue weighted by molar-refractivity contribution is 5.43. The average molecular weight is 235 g/mol. The van der Waals surface area contributed by atoms with Crippen molar-refractivity contribution >= 4 is 5.82 Å². The van der Waals surface area contributed by atoms with Gasteiger partial charge in [-0.15, -0.1) is 0 Å². The van der Waals surface area contributed by atoms with Crippen molar-refractivity contribution in [3.8, 4) is 0 Å². The maximum absolute atomic E-state index is 11.5. The maximum Gasteiger partial charge on any atom is 0.252 e. The van der Waals surface area contributed by atoms with E-state index in [9.17, 15) is 9.90 Å². The monoisotopic (exact) mass is 235 g/mol. The normalized spacial score (nSPS) is 22.4. The Bertz CT molecular complexity index is 487. The first-order valence-electron chi connectivity index (χ1n) is 6.18. The molecule has 17 heavy (non-hydrogen) atoms. The van der Waals surface area contributed by atoms with E-state index in [4.69, 9.17) is 0 Å². The van der Waals surface area contributed by atoms with E-state index in [-0.39, 0.29) is 5.56 Å². The molecule has 1 aromatic rings. The van der Waals surface area contributed by atoms with Crippen LogP contribution in [-0.4, -0.2) is 33.8 Å². The number of β-amino-alcohol motifs (C(OH)–C–C–N with tert-alkyl or cyclic N) is 1. The highest BCUT2D eigenvalue weighted by Crippen LogP contribution is 2.38. The molecule has 0 spiro atoms. The Morgan fingerprint density at radius 2 is 2.29 bits per heavy atom. The van der Waals surface area contributed by atoms with Gasteiger partial charge in [-0.2, -0.15) is 0 Å². The highest BCUT2D eigenvalue weighted by atomic mass is 16.3. The largest absolute Gasteiger partial charge is 0.386 e. The first-order chi connectivity index (χ1) is 8.09. The summed E-state index contributed by atoms with van der Waals surface area (Å²) in [4.78, 5) is 20.8. The SMILES string of the molecule is CCC1(O)CN(c2cc(=O)[nH]c(C3CC3)n2)C1. The topological polar surface area (TPSA) is 69.2 Å². The van der Waals surface area contributed by atoms with Crippen molar-refractivity contribution in [3.63, 3.8) is 0 Å². The molecule has 92 valence electrons. The molecule has 2 aliphatic rings. The van der Waals surface area contributed by atoms with Gasteiger partial charge in [-0.25, -0.2) is 4.98 Å². The number of aromatic amines is 1. The van der Waals surface area contributed by atoms with Crippen LogP contribution in [0.3, 0.4) is 0 Å². The van der Waals surface area contributed by atoms with Crippen molar-refractivity contribution in [1.29, 1.82) is 0 Å². The molecular weight excluding hydrogens is 218 g/mol. The minimum absolute atomic E-state index is 0.0937. The van der Waals surface area contributed by atoms with Crippen LogP contribution in [-0.2, 0) is 0 Å². The predicted molar refractivity (Wildman–Crippen MR) is 64.3 cm³/mol. The molecule has 0 aromatic carbocycles. The minimum atomic E-state index is -0.593. The van der Waals surface area contributed by atoms with Gasteiger partial charge in [0.1, 0.15) is 11.6 Å². The lowest BCUT2D eigenvalue weighted by molar-refractivity contribution is 0.00801. The van der Waals surface area contributed by atoms with Gasteiger partial charge in [0.15, 0.2) is 0 Å². The van der Waals surface area contributed by atoms with E-state index in [0.717, 1.165) is 25.1 Å². The van der Waals surface area contributed by atoms with Crippen molar-refractivity contribution in [2.45, 2.75) is 37.7 Å². The van der Waals surface area contributed by atoms with Crippen molar-refractivity contribution < 1.29 is 5.11 Å². The summed E-state index contributed by atoms with van der Waals surface area (Å²) in [6.45, 7) is 3.12. The lowest BCUT2D eigenvalue weighted by atomic mass is 9.91. The lowest BCUT2D eigenvalue weighted by Crippen LogP contribution is -2.62. The molecule has 1 aromatic heterocycles. The molecule has 0 atom stereocenters. The number of rotatable bonds is 3. The number of hydrogen-bond donors (Lipinski definition) is 2. The van der Waals surface area contributed by atoms with E-state index >= 15 is 0 Å². The molecule has 5 nitrogen and oxygen atoms in total. The van der Waals surface area contributed by atoms with Crippen molar-refractivity contribution in [2.75, 3.05) is 18.0 Å². The molecule has 0 bridgehead atoms. The summed E-state index contributed by atoms with van der Waals surface area (Å²) in [5.74, 6) is 1.95. The summed E-state index contributed by atoms with van der Waals surface area (Å²) in [5.41, 5.74) is -0.687. The number of anilines is 1. The van der Waals surface area contributed by atoms with Crippen molar-refractivity contribution in [3.05, 3.63) is 22.2 Å². The number of nitrogens with one attached hydrogen (secondary N) is 1. The molecule has 0 unspecified atom stereocenters. The van der Waals surface area contributed by atoms with E-state index in [2.05, 4.69) is 9.97 Å². The van der Waals surface area contributed by atoms with E-state index in [1.54, 1.807) is 0 Å². The molecule has 2 fully saturated rings. The Morgan fingerprint density at radius 3 is 2.88 bits per heavy atom. The van der Waals surface area contributed by atoms with Crippen LogP contribution in [0.5, 0.6) is 0 Å². The molecular formula is C12H17N3O2. The van der Waals surface area contributed by atoms with E-state index in [0.29, 0.717) is 24.8 Å². The van der Waals surface area contributed by atoms with Gasteiger partial charge in [-0.1, -0.05) is 6.92 Å². The van der Waals surface area contributed by atoms with E-state index in [1.807, 2.05) is 11.8 Å². The maximum atomic E-state index is 11.5. The Kier molecular flexibility index (Phi) is 2.26. The third-order valence-corrected chi connectivity index (χ3v) is 3.66. The van der Waals surface area contributed by atoms with Gasteiger partial charge in [0.05, 0.1) is 5.60 Å². The molecule has 1 aliphatic carbocycles. The fourth-order valence-corrected chi connectivity index (χ4v) is 2.23. The number of nitrogens with zero attached hydrogens (tertiary/aromatic N) is 2. The molecule has 5 heteroatoms. The van der Waals surface area contributed by atoms with Gasteiger partial charge in [-0.05, 0) is 19.3 Å². The Balaban J connectivity index is 1.82. The lowest BCUT2D eigenvalue weighted by Gasteiger charge is -2.46. The van der Waals surface area contributed by atoms with Crippen LogP contribution < -0.4 is 10.5 Å². The summed E-state index contributed by atoms with van der Waals surface area (Å²) in [5, 5.41) is 9.96. The predicted octanol–water partition coefficient (Wildman–Crippen LogP) is 0.608. The summed E-state index contributed by atoms with van der Waals surface area (Å²) < 4.78 is 0. The van der Waals surface area contributed by atoms with Crippen LogP contribution in [0.1, 0.15) is 37.9 Å². The zero-order valence-electron chi connectivity index (χ0n) is 9.94. The van der Waals surface area contributed by atoms with Crippen LogP contribution in [0.15, 0.2) is 10.9 Å². The molecule has 0 amide bonds. The molecule has 3 rings (SSSR count). The van der Waals surface area contributed by atoms with Gasteiger partial charge in [-0.3, -0.25) is 4.79 Å². The van der Waals surface area contributed by atoms with E-state index < -0.39 is 5.60 Å². The second kappa shape index (κ2) is 3.57. The molecule has 1 aliphatic heterocycles. The average Bonchev–Trinajstić information content (AvgIpc) is 3.07. The standard InChI is InChI=1S/C12H17N3O2/c1-2-12(17)6-15(7-12)9-5-10(16)14-11(13-9)8-3-4-8/h5,8,17H,2-4,6-7H2,1H3,(H,13,14,16). The summed E-state index contributed by atoms with van der Waals surface area (Å²) >= 11 is 0. The fraction of sp³-hybridized carbons (Fsp3) is 0.667. The third-order valence-electron chi connectivity index (χ3n) is 3.66. The molecule has 1 saturated heterocycles. The number of hydrogen-bond acceptors (Lipinski definition) is 4. The Morgan fingerprint density at radius 1 is 1.59 bits per heavy atom. The van der Waals surface area contributed by atoms with Crippen LogP contribution >= 0.6 is 0 Å². The van der Waals surface area contributed by atoms with Gasteiger partial charge < -0.3 is 15.0 Å². The Labute approximate surface area is 99.5 Å². The zero-order chi connectivity index (χ0) is 12.0. The third kappa shape index (κ3) is 1.95. The first kappa shape index (κ1) is 10.8. The number of aliphatic hydroxyl groups is 1. The van der Waals surface area contributed by atoms with Gasteiger partial charge >= 0.3 is 0 Å². The van der Waals surface area contributed by atoms with Crippen molar-refractivity contribution in [2.24, 2.45) is 0 Å². The molecule has 2 heterocycles. The van der Waals surface area contributed by atoms with E-state index in [1.165, 1.54) is 6.07 Å². The second-order valence-corrected chi connectivity index (χ2v) is 5.20. The van der Waals surface area contributed by atoms with Crippen LogP contribution in [0.4, 0.5) is 5.82 Å². The summed E-state index contributed by atoms with van der Waals surface area (Å²) in [6.07, 6.45) is 2.97. The van der Waals surface area contributed by atoms with Crippen molar-refractivity contribution in [1.82, 2.24) is 9.97 Å². The minimum Gasteiger partial charge on any atom is -0.386 e. The van der Waals surface area contributed by atoms with Crippen LogP contribution in [0.25, 0.3) is 0 Å². The van der Waals surface area contributed by atoms with Gasteiger partial charge in [0, 0.05) is 25.1 Å². The smallest absolute Gasteiger partial charge is 0.252 e. The van der Waals surface area contributed by atoms with Crippen LogP contribution in [0, 0.1) is 0 Å². The molecule has 0 radical (unpaired) electrons. The second-order valence-electron chi connectivity index (χ2n) is 5.20. The zero-order valence-corrected chi connectivity index (χ0v) is 9.94. The first-order valence-corrected chi connectivity index (χ1v) is 6.18. The highest BCUT2D eigenvalue weighted by Gasteiger charge is 2.40. The Hall–Kier alpha value is -1.36. The van der Waals surface area contributed by atoms with Crippen LogP contribution in [0.2, 0.25) is 0 Å². The summed E-state index contributed by atoms with van der Waals surface area (Å²) in [6, 6.07) is 1.52. The van der Waals surface area contributed by atoms with Gasteiger partial charge in [0.2, 0.25) is 0 Å². The number of H-pyrrole nitrogens is 1. The van der Waals surface area contributed by atoms with Gasteiger partial charge in [0.25, 0.3) is 5.56 Å². The fourth-order valence-electron chi connectivity index (χ4n) is 2.23. The molecule has 1 saturated carbocycles. The molecule has 2 N–H and O–H groups in total. The number of aromatic nitrogens is 2.